The number of nitrogens with one attached hydrogen (secondary N) is 1. The molecule has 3 heterocycles. The summed E-state index contributed by atoms with van der Waals surface area (Å²) in [6.07, 6.45) is 2.86. The number of amides is 1. The maximum Gasteiger partial charge on any atom is 0.231 e. The third-order valence-electron chi connectivity index (χ3n) is 4.51. The van der Waals surface area contributed by atoms with E-state index in [4.69, 9.17) is 0 Å². The maximum absolute atomic E-state index is 13.8. The minimum atomic E-state index is -0.759. The Kier molecular flexibility index (Phi) is 4.69. The molecule has 1 aliphatic heterocycles. The number of pyridine rings is 1. The molecule has 3 aromatic rings. The highest BCUT2D eigenvalue weighted by atomic mass is 32.1. The number of thiazole rings is 1. The lowest BCUT2D eigenvalue weighted by atomic mass is 9.97. The van der Waals surface area contributed by atoms with Gasteiger partial charge in [-0.25, -0.2) is 18.7 Å². The Morgan fingerprint density at radius 2 is 2.11 bits per heavy atom. The lowest BCUT2D eigenvalue weighted by Gasteiger charge is -2.33. The van der Waals surface area contributed by atoms with Crippen molar-refractivity contribution in [1.82, 2.24) is 9.97 Å². The van der Waals surface area contributed by atoms with Crippen LogP contribution in [0.15, 0.2) is 30.5 Å². The van der Waals surface area contributed by atoms with E-state index in [9.17, 15) is 18.0 Å². The number of hydrogen-bond donors (Lipinski definition) is 1. The lowest BCUT2D eigenvalue weighted by molar-refractivity contribution is -0.120. The Hall–Kier alpha value is -2.68. The Labute approximate surface area is 156 Å². The summed E-state index contributed by atoms with van der Waals surface area (Å²) in [5.41, 5.74) is 0.715. The van der Waals surface area contributed by atoms with Gasteiger partial charge in [0, 0.05) is 37.1 Å². The van der Waals surface area contributed by atoms with Crippen LogP contribution in [0.3, 0.4) is 0 Å². The van der Waals surface area contributed by atoms with Gasteiger partial charge in [-0.2, -0.15) is 4.39 Å². The molecule has 0 bridgehead atoms. The van der Waals surface area contributed by atoms with Gasteiger partial charge >= 0.3 is 0 Å². The van der Waals surface area contributed by atoms with E-state index in [0.717, 1.165) is 30.4 Å². The van der Waals surface area contributed by atoms with Gasteiger partial charge in [-0.15, -0.1) is 0 Å². The molecule has 1 saturated heterocycles. The Morgan fingerprint density at radius 1 is 1.26 bits per heavy atom. The van der Waals surface area contributed by atoms with E-state index in [0.29, 0.717) is 23.4 Å². The summed E-state index contributed by atoms with van der Waals surface area (Å²) in [4.78, 5) is 22.1. The molecule has 0 radical (unpaired) electrons. The zero-order valence-electron chi connectivity index (χ0n) is 14.1. The van der Waals surface area contributed by atoms with Gasteiger partial charge in [0.2, 0.25) is 11.9 Å². The Morgan fingerprint density at radius 3 is 2.93 bits per heavy atom. The molecule has 2 aromatic heterocycles. The van der Waals surface area contributed by atoms with Gasteiger partial charge in [0.1, 0.15) is 11.3 Å². The van der Waals surface area contributed by atoms with E-state index in [1.54, 1.807) is 6.07 Å². The van der Waals surface area contributed by atoms with Crippen LogP contribution < -0.4 is 10.2 Å². The number of carbonyl (C=O) groups is 1. The number of benzene rings is 1. The monoisotopic (exact) mass is 392 g/mol. The smallest absolute Gasteiger partial charge is 0.231 e. The van der Waals surface area contributed by atoms with E-state index in [1.807, 2.05) is 4.90 Å². The van der Waals surface area contributed by atoms with E-state index in [-0.39, 0.29) is 22.5 Å². The summed E-state index contributed by atoms with van der Waals surface area (Å²) in [6, 6.07) is 4.99. The number of fused-ring (bicyclic) bond motifs is 1. The molecule has 1 fully saturated rings. The minimum absolute atomic E-state index is 0.0363. The fourth-order valence-corrected chi connectivity index (χ4v) is 4.14. The van der Waals surface area contributed by atoms with Gasteiger partial charge in [0.15, 0.2) is 10.9 Å². The van der Waals surface area contributed by atoms with Crippen LogP contribution in [-0.4, -0.2) is 29.0 Å². The first-order valence-corrected chi connectivity index (χ1v) is 9.24. The molecule has 0 spiro atoms. The second kappa shape index (κ2) is 7.15. The first-order valence-electron chi connectivity index (χ1n) is 8.42. The number of piperidine rings is 1. The van der Waals surface area contributed by atoms with Crippen molar-refractivity contribution in [3.8, 4) is 0 Å². The van der Waals surface area contributed by atoms with Gasteiger partial charge in [-0.1, -0.05) is 11.3 Å². The van der Waals surface area contributed by atoms with Crippen LogP contribution >= 0.6 is 11.3 Å². The molecule has 4 rings (SSSR count). The molecular weight excluding hydrogens is 377 g/mol. The average Bonchev–Trinajstić information content (AvgIpc) is 3.04. The van der Waals surface area contributed by atoms with Crippen molar-refractivity contribution in [2.75, 3.05) is 23.3 Å². The fourth-order valence-electron chi connectivity index (χ4n) is 3.23. The van der Waals surface area contributed by atoms with E-state index in [2.05, 4.69) is 15.3 Å². The van der Waals surface area contributed by atoms with Gasteiger partial charge in [0.25, 0.3) is 0 Å². The second-order valence-electron chi connectivity index (χ2n) is 6.36. The standard InChI is InChI=1S/C18H15F3N4OS/c19-11-6-13(20)16-14(7-11)27-18(23-16)24-17(26)10-2-1-5-25(9-10)12-3-4-22-15(21)8-12/h3-4,6-8,10H,1-2,5,9H2,(H,23,24,26). The molecule has 1 aliphatic rings. The van der Waals surface area contributed by atoms with Crippen LogP contribution in [0.4, 0.5) is 24.0 Å². The summed E-state index contributed by atoms with van der Waals surface area (Å²) in [5, 5.41) is 2.93. The van der Waals surface area contributed by atoms with Crippen molar-refractivity contribution in [1.29, 1.82) is 0 Å². The highest BCUT2D eigenvalue weighted by molar-refractivity contribution is 7.22. The fraction of sp³-hybridized carbons (Fsp3) is 0.278. The van der Waals surface area contributed by atoms with Crippen LogP contribution in [0.2, 0.25) is 0 Å². The van der Waals surface area contributed by atoms with Crippen molar-refractivity contribution >= 4 is 38.3 Å². The molecule has 5 nitrogen and oxygen atoms in total. The third kappa shape index (κ3) is 3.73. The molecule has 140 valence electrons. The second-order valence-corrected chi connectivity index (χ2v) is 7.40. The first-order chi connectivity index (χ1) is 13.0. The third-order valence-corrected chi connectivity index (χ3v) is 5.43. The van der Waals surface area contributed by atoms with Crippen LogP contribution in [0, 0.1) is 23.5 Å². The van der Waals surface area contributed by atoms with Crippen molar-refractivity contribution in [3.05, 3.63) is 48.0 Å². The Bertz CT molecular complexity index is 1010. The summed E-state index contributed by atoms with van der Waals surface area (Å²) in [7, 11) is 0. The molecule has 1 aromatic carbocycles. The minimum Gasteiger partial charge on any atom is -0.371 e. The number of halogens is 3. The predicted molar refractivity (Wildman–Crippen MR) is 97.3 cm³/mol. The molecule has 1 unspecified atom stereocenters. The largest absolute Gasteiger partial charge is 0.371 e. The normalized spacial score (nSPS) is 17.3. The quantitative estimate of drug-likeness (QED) is 0.686. The molecule has 0 saturated carbocycles. The zero-order valence-corrected chi connectivity index (χ0v) is 14.9. The number of anilines is 2. The number of hydrogen-bond acceptors (Lipinski definition) is 5. The van der Waals surface area contributed by atoms with Gasteiger partial charge in [-0.3, -0.25) is 4.79 Å². The van der Waals surface area contributed by atoms with Crippen molar-refractivity contribution in [2.45, 2.75) is 12.8 Å². The van der Waals surface area contributed by atoms with Crippen molar-refractivity contribution in [2.24, 2.45) is 5.92 Å². The molecule has 1 amide bonds. The summed E-state index contributed by atoms with van der Waals surface area (Å²) >= 11 is 1.02. The van der Waals surface area contributed by atoms with Crippen LogP contribution in [-0.2, 0) is 4.79 Å². The molecule has 1 atom stereocenters. The topological polar surface area (TPSA) is 58.1 Å². The van der Waals surface area contributed by atoms with E-state index < -0.39 is 17.6 Å². The Balaban J connectivity index is 1.48. The predicted octanol–water partition coefficient (Wildman–Crippen LogP) is 3.96. The SMILES string of the molecule is O=C(Nc1nc2c(F)cc(F)cc2s1)C1CCCN(c2ccnc(F)c2)C1. The van der Waals surface area contributed by atoms with Gasteiger partial charge in [-0.05, 0) is 25.0 Å². The van der Waals surface area contributed by atoms with E-state index in [1.165, 1.54) is 18.3 Å². The maximum atomic E-state index is 13.8. The number of rotatable bonds is 3. The summed E-state index contributed by atoms with van der Waals surface area (Å²) < 4.78 is 40.8. The number of nitrogens with zero attached hydrogens (tertiary/aromatic N) is 3. The number of carbonyl (C=O) groups excluding carboxylic acids is 1. The van der Waals surface area contributed by atoms with Crippen molar-refractivity contribution in [3.63, 3.8) is 0 Å². The summed E-state index contributed by atoms with van der Waals surface area (Å²) in [6.45, 7) is 1.15. The van der Waals surface area contributed by atoms with Gasteiger partial charge in [0.05, 0.1) is 10.6 Å². The van der Waals surface area contributed by atoms with E-state index >= 15 is 0 Å². The van der Waals surface area contributed by atoms with Crippen LogP contribution in [0.1, 0.15) is 12.8 Å². The van der Waals surface area contributed by atoms with Gasteiger partial charge < -0.3 is 10.2 Å². The summed E-state index contributed by atoms with van der Waals surface area (Å²) in [5.74, 6) is -2.57. The van der Waals surface area contributed by atoms with Crippen LogP contribution in [0.25, 0.3) is 10.2 Å². The lowest BCUT2D eigenvalue weighted by Crippen LogP contribution is -2.40. The highest BCUT2D eigenvalue weighted by Crippen LogP contribution is 2.30. The van der Waals surface area contributed by atoms with Crippen molar-refractivity contribution < 1.29 is 18.0 Å². The molecule has 27 heavy (non-hydrogen) atoms. The zero-order chi connectivity index (χ0) is 19.0. The molecule has 0 aliphatic carbocycles. The average molecular weight is 392 g/mol. The molecule has 1 N–H and O–H groups in total. The molecule has 9 heteroatoms. The number of aromatic nitrogens is 2. The van der Waals surface area contributed by atoms with Crippen LogP contribution in [0.5, 0.6) is 0 Å². The molecular formula is C18H15F3N4OS. The first kappa shape index (κ1) is 17.7. The highest BCUT2D eigenvalue weighted by Gasteiger charge is 2.27.